The lowest BCUT2D eigenvalue weighted by Crippen LogP contribution is -2.11. The maximum Gasteiger partial charge on any atom is 0.257 e. The van der Waals surface area contributed by atoms with E-state index < -0.39 is 0 Å². The van der Waals surface area contributed by atoms with E-state index >= 15 is 0 Å². The van der Waals surface area contributed by atoms with Gasteiger partial charge in [0.05, 0.1) is 6.54 Å². The second kappa shape index (κ2) is 9.03. The molecule has 32 heavy (non-hydrogen) atoms. The molecular formula is C23H26N8O. The smallest absolute Gasteiger partial charge is 0.257 e. The minimum atomic E-state index is 0.492. The van der Waals surface area contributed by atoms with Gasteiger partial charge in [-0.15, -0.1) is 0 Å². The molecule has 0 aliphatic heterocycles. The van der Waals surface area contributed by atoms with Crippen LogP contribution in [0.3, 0.4) is 0 Å². The first-order chi connectivity index (χ1) is 15.4. The normalized spacial score (nSPS) is 11.0. The number of aromatic nitrogens is 4. The van der Waals surface area contributed by atoms with E-state index in [1.54, 1.807) is 6.20 Å². The molecule has 0 unspecified atom stereocenters. The molecule has 0 atom stereocenters. The molecule has 0 aliphatic carbocycles. The van der Waals surface area contributed by atoms with Crippen LogP contribution in [-0.2, 0) is 6.54 Å². The summed E-state index contributed by atoms with van der Waals surface area (Å²) in [6, 6.07) is 13.3. The summed E-state index contributed by atoms with van der Waals surface area (Å²) >= 11 is 0. The van der Waals surface area contributed by atoms with E-state index in [4.69, 9.17) is 10.3 Å². The Bertz CT molecular complexity index is 1190. The van der Waals surface area contributed by atoms with Crippen LogP contribution in [0.15, 0.2) is 53.2 Å². The van der Waals surface area contributed by atoms with Crippen molar-refractivity contribution in [2.24, 2.45) is 0 Å². The third-order valence-corrected chi connectivity index (χ3v) is 4.78. The molecule has 0 aliphatic rings. The molecule has 0 amide bonds. The van der Waals surface area contributed by atoms with E-state index in [0.717, 1.165) is 28.1 Å². The van der Waals surface area contributed by atoms with Crippen molar-refractivity contribution in [2.75, 3.05) is 30.5 Å². The summed E-state index contributed by atoms with van der Waals surface area (Å²) in [5, 5.41) is 10.6. The number of nitrogens with one attached hydrogen (secondary N) is 2. The molecule has 9 heteroatoms. The molecule has 4 aromatic rings. The van der Waals surface area contributed by atoms with Crippen LogP contribution in [0.2, 0.25) is 0 Å². The molecule has 0 fully saturated rings. The van der Waals surface area contributed by atoms with E-state index in [2.05, 4.69) is 30.7 Å². The average molecular weight is 431 g/mol. The van der Waals surface area contributed by atoms with Gasteiger partial charge in [-0.25, -0.2) is 4.98 Å². The molecule has 2 aromatic heterocycles. The number of hydrogen-bond donors (Lipinski definition) is 3. The molecule has 0 spiro atoms. The van der Waals surface area contributed by atoms with Crippen LogP contribution in [0, 0.1) is 13.8 Å². The van der Waals surface area contributed by atoms with Crippen molar-refractivity contribution >= 4 is 28.8 Å². The minimum Gasteiger partial charge on any atom is -0.399 e. The Balaban J connectivity index is 1.53. The van der Waals surface area contributed by atoms with Gasteiger partial charge in [-0.05, 0) is 81.5 Å². The minimum absolute atomic E-state index is 0.492. The molecule has 2 aromatic carbocycles. The number of nitrogens with two attached hydrogens (primary N) is 1. The highest BCUT2D eigenvalue weighted by Crippen LogP contribution is 2.30. The van der Waals surface area contributed by atoms with Crippen LogP contribution in [0.1, 0.15) is 17.0 Å². The summed E-state index contributed by atoms with van der Waals surface area (Å²) in [5.41, 5.74) is 11.2. The van der Waals surface area contributed by atoms with Crippen LogP contribution in [-0.4, -0.2) is 39.1 Å². The molecule has 0 saturated heterocycles. The van der Waals surface area contributed by atoms with Gasteiger partial charge < -0.3 is 25.8 Å². The van der Waals surface area contributed by atoms with Gasteiger partial charge in [-0.2, -0.15) is 9.97 Å². The molecule has 164 valence electrons. The summed E-state index contributed by atoms with van der Waals surface area (Å²) < 4.78 is 5.45. The predicted octanol–water partition coefficient (Wildman–Crippen LogP) is 4.27. The Hall–Kier alpha value is -3.98. The van der Waals surface area contributed by atoms with E-state index in [0.29, 0.717) is 35.7 Å². The first kappa shape index (κ1) is 21.3. The van der Waals surface area contributed by atoms with E-state index in [1.165, 1.54) is 0 Å². The van der Waals surface area contributed by atoms with Crippen molar-refractivity contribution in [3.8, 4) is 11.5 Å². The lowest BCUT2D eigenvalue weighted by molar-refractivity contribution is 0.365. The van der Waals surface area contributed by atoms with Crippen molar-refractivity contribution in [1.82, 2.24) is 25.0 Å². The van der Waals surface area contributed by atoms with Gasteiger partial charge in [0.1, 0.15) is 5.82 Å². The van der Waals surface area contributed by atoms with Gasteiger partial charge in [0.15, 0.2) is 5.82 Å². The van der Waals surface area contributed by atoms with E-state index in [9.17, 15) is 0 Å². The molecule has 2 heterocycles. The molecule has 0 radical (unpaired) electrons. The molecule has 4 N–H and O–H groups in total. The first-order valence-electron chi connectivity index (χ1n) is 10.2. The summed E-state index contributed by atoms with van der Waals surface area (Å²) in [6.45, 7) is 4.69. The number of anilines is 5. The second-order valence-corrected chi connectivity index (χ2v) is 7.88. The topological polar surface area (TPSA) is 118 Å². The van der Waals surface area contributed by atoms with Gasteiger partial charge in [-0.3, -0.25) is 0 Å². The van der Waals surface area contributed by atoms with Crippen molar-refractivity contribution in [3.63, 3.8) is 0 Å². The van der Waals surface area contributed by atoms with Crippen LogP contribution in [0.25, 0.3) is 11.5 Å². The van der Waals surface area contributed by atoms with E-state index in [-0.39, 0.29) is 0 Å². The third-order valence-electron chi connectivity index (χ3n) is 4.78. The van der Waals surface area contributed by atoms with Crippen LogP contribution < -0.4 is 16.4 Å². The van der Waals surface area contributed by atoms with Gasteiger partial charge >= 0.3 is 0 Å². The van der Waals surface area contributed by atoms with Crippen molar-refractivity contribution in [3.05, 3.63) is 65.6 Å². The highest BCUT2D eigenvalue weighted by Gasteiger charge is 2.14. The Labute approximate surface area is 186 Å². The lowest BCUT2D eigenvalue weighted by Gasteiger charge is -2.14. The zero-order valence-corrected chi connectivity index (χ0v) is 18.5. The molecule has 0 saturated carbocycles. The fraction of sp³-hybridized carbons (Fsp3) is 0.217. The van der Waals surface area contributed by atoms with Crippen LogP contribution in [0.5, 0.6) is 0 Å². The third kappa shape index (κ3) is 5.01. The van der Waals surface area contributed by atoms with Gasteiger partial charge in [0.25, 0.3) is 5.89 Å². The number of rotatable bonds is 7. The number of hydrogen-bond acceptors (Lipinski definition) is 9. The zero-order valence-electron chi connectivity index (χ0n) is 18.5. The zero-order chi connectivity index (χ0) is 22.7. The quantitative estimate of drug-likeness (QED) is 0.369. The summed E-state index contributed by atoms with van der Waals surface area (Å²) in [5.74, 6) is 2.34. The number of aryl methyl sites for hydroxylation is 2. The first-order valence-corrected chi connectivity index (χ1v) is 10.2. The van der Waals surface area contributed by atoms with Crippen molar-refractivity contribution in [2.45, 2.75) is 20.4 Å². The van der Waals surface area contributed by atoms with E-state index in [1.807, 2.05) is 75.3 Å². The van der Waals surface area contributed by atoms with Crippen LogP contribution in [0.4, 0.5) is 28.8 Å². The maximum atomic E-state index is 5.74. The number of nitrogens with zero attached hydrogens (tertiary/aromatic N) is 5. The highest BCUT2D eigenvalue weighted by molar-refractivity contribution is 5.71. The predicted molar refractivity (Wildman–Crippen MR) is 126 cm³/mol. The monoisotopic (exact) mass is 430 g/mol. The Morgan fingerprint density at radius 2 is 1.69 bits per heavy atom. The molecule has 9 nitrogen and oxygen atoms in total. The van der Waals surface area contributed by atoms with Crippen LogP contribution >= 0.6 is 0 Å². The lowest BCUT2D eigenvalue weighted by atomic mass is 10.0. The Morgan fingerprint density at radius 3 is 2.38 bits per heavy atom. The maximum absolute atomic E-state index is 5.74. The average Bonchev–Trinajstić information content (AvgIpc) is 3.20. The molecular weight excluding hydrogens is 404 g/mol. The van der Waals surface area contributed by atoms with Crippen molar-refractivity contribution < 1.29 is 4.52 Å². The summed E-state index contributed by atoms with van der Waals surface area (Å²) in [6.07, 6.45) is 1.71. The standard InChI is InChI=1S/C23H26N8O/c1-14-11-16(22-28-20(30-32-22)13-31(3)4)12-15(2)21(14)27-19-9-10-25-23(29-19)26-18-7-5-17(24)6-8-18/h5-12H,13,24H2,1-4H3,(H2,25,26,27,29). The Morgan fingerprint density at radius 1 is 0.969 bits per heavy atom. The fourth-order valence-corrected chi connectivity index (χ4v) is 3.31. The fourth-order valence-electron chi connectivity index (χ4n) is 3.31. The summed E-state index contributed by atoms with van der Waals surface area (Å²) in [7, 11) is 3.93. The largest absolute Gasteiger partial charge is 0.399 e. The molecule has 4 rings (SSSR count). The SMILES string of the molecule is Cc1cc(-c2nc(CN(C)C)no2)cc(C)c1Nc1ccnc(Nc2ccc(N)cc2)n1. The Kier molecular flexibility index (Phi) is 6.00. The number of nitrogen functional groups attached to an aromatic ring is 1. The molecule has 0 bridgehead atoms. The van der Waals surface area contributed by atoms with Crippen molar-refractivity contribution in [1.29, 1.82) is 0 Å². The van der Waals surface area contributed by atoms with Gasteiger partial charge in [0, 0.05) is 28.8 Å². The number of benzene rings is 2. The second-order valence-electron chi connectivity index (χ2n) is 7.88. The van der Waals surface area contributed by atoms with Gasteiger partial charge in [-0.1, -0.05) is 5.16 Å². The highest BCUT2D eigenvalue weighted by atomic mass is 16.5. The van der Waals surface area contributed by atoms with Gasteiger partial charge in [0.2, 0.25) is 5.95 Å². The summed E-state index contributed by atoms with van der Waals surface area (Å²) in [4.78, 5) is 15.4.